The molecule has 0 aliphatic heterocycles. The van der Waals surface area contributed by atoms with E-state index in [4.69, 9.17) is 15.2 Å². The maximum absolute atomic E-state index is 12.0. The molecule has 1 unspecified atom stereocenters. The van der Waals surface area contributed by atoms with Crippen molar-refractivity contribution in [1.29, 1.82) is 0 Å². The number of benzene rings is 1. The van der Waals surface area contributed by atoms with E-state index < -0.39 is 10.0 Å². The van der Waals surface area contributed by atoms with Crippen LogP contribution >= 0.6 is 0 Å². The van der Waals surface area contributed by atoms with Crippen LogP contribution < -0.4 is 15.2 Å². The predicted octanol–water partition coefficient (Wildman–Crippen LogP) is 1.12. The van der Waals surface area contributed by atoms with Gasteiger partial charge >= 0.3 is 0 Å². The minimum atomic E-state index is -3.49. The van der Waals surface area contributed by atoms with Crippen LogP contribution in [0.5, 0.6) is 5.75 Å². The summed E-state index contributed by atoms with van der Waals surface area (Å²) in [6.45, 7) is 5.67. The number of ether oxygens (including phenoxy) is 2. The average molecular weight is 316 g/mol. The summed E-state index contributed by atoms with van der Waals surface area (Å²) >= 11 is 0. The van der Waals surface area contributed by atoms with Gasteiger partial charge in [-0.25, -0.2) is 13.1 Å². The number of sulfonamides is 1. The minimum absolute atomic E-state index is 0.0335. The van der Waals surface area contributed by atoms with E-state index in [9.17, 15) is 8.42 Å². The Bertz CT molecular complexity index is 500. The third kappa shape index (κ3) is 6.90. The van der Waals surface area contributed by atoms with Crippen LogP contribution in [0, 0.1) is 0 Å². The van der Waals surface area contributed by atoms with Gasteiger partial charge in [-0.3, -0.25) is 0 Å². The summed E-state index contributed by atoms with van der Waals surface area (Å²) in [4.78, 5) is 0.212. The van der Waals surface area contributed by atoms with Crippen molar-refractivity contribution in [3.63, 3.8) is 0 Å². The highest BCUT2D eigenvalue weighted by atomic mass is 32.2. The Morgan fingerprint density at radius 3 is 2.48 bits per heavy atom. The Labute approximate surface area is 126 Å². The molecule has 0 bridgehead atoms. The first-order valence-electron chi connectivity index (χ1n) is 7.01. The van der Waals surface area contributed by atoms with Crippen LogP contribution in [0.2, 0.25) is 0 Å². The molecule has 1 atom stereocenters. The van der Waals surface area contributed by atoms with E-state index in [0.29, 0.717) is 38.5 Å². The second-order valence-corrected chi connectivity index (χ2v) is 6.45. The minimum Gasteiger partial charge on any atom is -0.491 e. The van der Waals surface area contributed by atoms with Crippen LogP contribution in [0.25, 0.3) is 0 Å². The molecule has 0 heterocycles. The molecular formula is C14H24N2O4S. The van der Waals surface area contributed by atoms with Crippen LogP contribution in [0.3, 0.4) is 0 Å². The van der Waals surface area contributed by atoms with Gasteiger partial charge in [-0.1, -0.05) is 0 Å². The van der Waals surface area contributed by atoms with Crippen molar-refractivity contribution in [2.75, 3.05) is 26.4 Å². The van der Waals surface area contributed by atoms with E-state index in [0.717, 1.165) is 0 Å². The van der Waals surface area contributed by atoms with Crippen LogP contribution in [0.4, 0.5) is 0 Å². The monoisotopic (exact) mass is 316 g/mol. The van der Waals surface area contributed by atoms with Gasteiger partial charge in [-0.15, -0.1) is 0 Å². The average Bonchev–Trinajstić information content (AvgIpc) is 2.43. The molecule has 0 saturated heterocycles. The van der Waals surface area contributed by atoms with Crippen LogP contribution in [0.15, 0.2) is 29.2 Å². The van der Waals surface area contributed by atoms with Gasteiger partial charge in [0.1, 0.15) is 12.4 Å². The van der Waals surface area contributed by atoms with Crippen molar-refractivity contribution in [2.24, 2.45) is 5.73 Å². The quantitative estimate of drug-likeness (QED) is 0.631. The molecule has 0 aromatic heterocycles. The van der Waals surface area contributed by atoms with Crippen LogP contribution in [0.1, 0.15) is 20.3 Å². The van der Waals surface area contributed by atoms with E-state index >= 15 is 0 Å². The largest absolute Gasteiger partial charge is 0.491 e. The highest BCUT2D eigenvalue weighted by Crippen LogP contribution is 2.15. The molecule has 0 aliphatic carbocycles. The lowest BCUT2D eigenvalue weighted by Gasteiger charge is -2.10. The number of nitrogens with two attached hydrogens (primary N) is 1. The van der Waals surface area contributed by atoms with Gasteiger partial charge in [0.05, 0.1) is 11.5 Å². The standard InChI is InChI=1S/C14H24N2O4S/c1-3-19-10-11-20-13-4-6-14(7-5-13)21(17,18)16-9-8-12(2)15/h4-7,12,16H,3,8-11,15H2,1-2H3. The number of hydrogen-bond acceptors (Lipinski definition) is 5. The highest BCUT2D eigenvalue weighted by molar-refractivity contribution is 7.89. The van der Waals surface area contributed by atoms with Crippen molar-refractivity contribution in [3.05, 3.63) is 24.3 Å². The number of nitrogens with one attached hydrogen (secondary N) is 1. The molecule has 120 valence electrons. The van der Waals surface area contributed by atoms with Gasteiger partial charge in [0.2, 0.25) is 10.0 Å². The summed E-state index contributed by atoms with van der Waals surface area (Å²) in [5.74, 6) is 0.615. The fraction of sp³-hybridized carbons (Fsp3) is 0.571. The topological polar surface area (TPSA) is 90.6 Å². The van der Waals surface area contributed by atoms with E-state index in [-0.39, 0.29) is 10.9 Å². The summed E-state index contributed by atoms with van der Waals surface area (Å²) in [6.07, 6.45) is 0.595. The molecule has 0 saturated carbocycles. The second kappa shape index (κ2) is 8.99. The van der Waals surface area contributed by atoms with Crippen molar-refractivity contribution in [2.45, 2.75) is 31.2 Å². The zero-order valence-corrected chi connectivity index (χ0v) is 13.4. The molecule has 0 radical (unpaired) electrons. The predicted molar refractivity (Wildman–Crippen MR) is 81.9 cm³/mol. The Kier molecular flexibility index (Phi) is 7.66. The SMILES string of the molecule is CCOCCOc1ccc(S(=O)(=O)NCCC(C)N)cc1. The molecule has 6 nitrogen and oxygen atoms in total. The summed E-state index contributed by atoms with van der Waals surface area (Å²) in [5, 5.41) is 0. The molecule has 0 fully saturated rings. The van der Waals surface area contributed by atoms with Gasteiger partial charge in [0.25, 0.3) is 0 Å². The first kappa shape index (κ1) is 17.9. The summed E-state index contributed by atoms with van der Waals surface area (Å²) < 4.78 is 37.1. The fourth-order valence-electron chi connectivity index (χ4n) is 1.58. The molecule has 0 amide bonds. The Hall–Kier alpha value is -1.15. The number of hydrogen-bond donors (Lipinski definition) is 2. The molecule has 3 N–H and O–H groups in total. The van der Waals surface area contributed by atoms with Gasteiger partial charge in [-0.2, -0.15) is 0 Å². The zero-order valence-electron chi connectivity index (χ0n) is 12.5. The molecule has 1 aromatic carbocycles. The summed E-state index contributed by atoms with van der Waals surface area (Å²) in [5.41, 5.74) is 5.59. The second-order valence-electron chi connectivity index (χ2n) is 4.68. The molecule has 0 spiro atoms. The lowest BCUT2D eigenvalue weighted by Crippen LogP contribution is -2.29. The zero-order chi connectivity index (χ0) is 15.7. The van der Waals surface area contributed by atoms with Crippen molar-refractivity contribution < 1.29 is 17.9 Å². The number of rotatable bonds is 10. The molecule has 7 heteroatoms. The van der Waals surface area contributed by atoms with Gasteiger partial charge in [0.15, 0.2) is 0 Å². The molecule has 0 aliphatic rings. The lowest BCUT2D eigenvalue weighted by molar-refractivity contribution is 0.110. The van der Waals surface area contributed by atoms with Crippen molar-refractivity contribution in [1.82, 2.24) is 4.72 Å². The van der Waals surface area contributed by atoms with Crippen LogP contribution in [-0.4, -0.2) is 40.8 Å². The Morgan fingerprint density at radius 2 is 1.90 bits per heavy atom. The summed E-state index contributed by atoms with van der Waals surface area (Å²) in [7, 11) is -3.49. The van der Waals surface area contributed by atoms with Gasteiger partial charge in [-0.05, 0) is 44.5 Å². The van der Waals surface area contributed by atoms with Gasteiger partial charge in [0, 0.05) is 19.2 Å². The van der Waals surface area contributed by atoms with E-state index in [1.165, 1.54) is 12.1 Å². The molecule has 1 rings (SSSR count). The third-order valence-electron chi connectivity index (χ3n) is 2.73. The molecule has 21 heavy (non-hydrogen) atoms. The van der Waals surface area contributed by atoms with Crippen LogP contribution in [-0.2, 0) is 14.8 Å². The highest BCUT2D eigenvalue weighted by Gasteiger charge is 2.13. The smallest absolute Gasteiger partial charge is 0.240 e. The maximum atomic E-state index is 12.0. The summed E-state index contributed by atoms with van der Waals surface area (Å²) in [6, 6.07) is 6.26. The first-order valence-corrected chi connectivity index (χ1v) is 8.50. The molecular weight excluding hydrogens is 292 g/mol. The first-order chi connectivity index (χ1) is 9.95. The van der Waals surface area contributed by atoms with E-state index in [2.05, 4.69) is 4.72 Å². The van der Waals surface area contributed by atoms with E-state index in [1.807, 2.05) is 13.8 Å². The van der Waals surface area contributed by atoms with Crippen molar-refractivity contribution in [3.8, 4) is 5.75 Å². The van der Waals surface area contributed by atoms with Crippen molar-refractivity contribution >= 4 is 10.0 Å². The Balaban J connectivity index is 2.52. The third-order valence-corrected chi connectivity index (χ3v) is 4.20. The van der Waals surface area contributed by atoms with E-state index in [1.54, 1.807) is 12.1 Å². The Morgan fingerprint density at radius 1 is 1.24 bits per heavy atom. The normalized spacial score (nSPS) is 13.1. The lowest BCUT2D eigenvalue weighted by atomic mass is 10.3. The maximum Gasteiger partial charge on any atom is 0.240 e. The molecule has 1 aromatic rings. The fourth-order valence-corrected chi connectivity index (χ4v) is 2.63. The van der Waals surface area contributed by atoms with Gasteiger partial charge < -0.3 is 15.2 Å².